The number of likely N-dealkylation sites (N-methyl/N-ethyl adjacent to an activating group) is 1. The maximum absolute atomic E-state index is 11.2. The fraction of sp³-hybridized carbons (Fsp3) is 0.200. The van der Waals surface area contributed by atoms with Crippen molar-refractivity contribution in [2.24, 2.45) is 0 Å². The van der Waals surface area contributed by atoms with Crippen LogP contribution < -0.4 is 0 Å². The maximum Gasteiger partial charge on any atom is 0.246 e. The lowest BCUT2D eigenvalue weighted by molar-refractivity contribution is -0.123. The van der Waals surface area contributed by atoms with Crippen LogP contribution in [-0.4, -0.2) is 29.9 Å². The second-order valence-electron chi connectivity index (χ2n) is 2.98. The topological polar surface area (TPSA) is 33.2 Å². The molecule has 1 aromatic rings. The molecule has 1 heterocycles. The van der Waals surface area contributed by atoms with Crippen molar-refractivity contribution in [3.8, 4) is 0 Å². The van der Waals surface area contributed by atoms with Crippen molar-refractivity contribution in [2.75, 3.05) is 14.1 Å². The summed E-state index contributed by atoms with van der Waals surface area (Å²) in [5, 5.41) is 0.421. The Morgan fingerprint density at radius 1 is 1.57 bits per heavy atom. The van der Waals surface area contributed by atoms with Crippen LogP contribution in [0.15, 0.2) is 24.4 Å². The number of nitrogens with zero attached hydrogens (tertiary/aromatic N) is 2. The monoisotopic (exact) mass is 210 g/mol. The predicted molar refractivity (Wildman–Crippen MR) is 57.0 cm³/mol. The Morgan fingerprint density at radius 3 is 2.86 bits per heavy atom. The van der Waals surface area contributed by atoms with Crippen molar-refractivity contribution in [3.63, 3.8) is 0 Å². The molecule has 0 unspecified atom stereocenters. The summed E-state index contributed by atoms with van der Waals surface area (Å²) in [7, 11) is 3.40. The van der Waals surface area contributed by atoms with Gasteiger partial charge in [0.15, 0.2) is 0 Å². The molecular weight excluding hydrogens is 200 g/mol. The van der Waals surface area contributed by atoms with Gasteiger partial charge in [-0.25, -0.2) is 4.98 Å². The molecule has 0 bridgehead atoms. The quantitative estimate of drug-likeness (QED) is 0.551. The van der Waals surface area contributed by atoms with E-state index in [4.69, 9.17) is 11.6 Å². The molecular formula is C10H11ClN2O. The Labute approximate surface area is 88.0 Å². The molecule has 0 aliphatic heterocycles. The molecule has 0 saturated carbocycles. The van der Waals surface area contributed by atoms with E-state index >= 15 is 0 Å². The van der Waals surface area contributed by atoms with Crippen LogP contribution in [0.1, 0.15) is 5.56 Å². The summed E-state index contributed by atoms with van der Waals surface area (Å²) in [6.07, 6.45) is 4.80. The van der Waals surface area contributed by atoms with Crippen molar-refractivity contribution < 1.29 is 4.79 Å². The van der Waals surface area contributed by atoms with E-state index in [2.05, 4.69) is 4.98 Å². The number of hydrogen-bond acceptors (Lipinski definition) is 2. The second kappa shape index (κ2) is 4.77. The van der Waals surface area contributed by atoms with Gasteiger partial charge in [-0.05, 0) is 23.8 Å². The molecule has 3 nitrogen and oxygen atoms in total. The molecule has 4 heteroatoms. The van der Waals surface area contributed by atoms with E-state index in [1.54, 1.807) is 38.5 Å². The lowest BCUT2D eigenvalue weighted by Gasteiger charge is -2.04. The van der Waals surface area contributed by atoms with Gasteiger partial charge < -0.3 is 4.90 Å². The van der Waals surface area contributed by atoms with Crippen molar-refractivity contribution >= 4 is 23.6 Å². The van der Waals surface area contributed by atoms with Crippen LogP contribution in [0.5, 0.6) is 0 Å². The van der Waals surface area contributed by atoms with E-state index < -0.39 is 0 Å². The SMILES string of the molecule is CN(C)C(=O)C=Cc1ccnc(Cl)c1. The highest BCUT2D eigenvalue weighted by Crippen LogP contribution is 2.08. The Morgan fingerprint density at radius 2 is 2.29 bits per heavy atom. The Hall–Kier alpha value is -1.35. The lowest BCUT2D eigenvalue weighted by Crippen LogP contribution is -2.18. The average molecular weight is 211 g/mol. The van der Waals surface area contributed by atoms with Crippen LogP contribution in [0.4, 0.5) is 0 Å². The number of carbonyl (C=O) groups is 1. The smallest absolute Gasteiger partial charge is 0.246 e. The van der Waals surface area contributed by atoms with E-state index in [0.717, 1.165) is 5.56 Å². The van der Waals surface area contributed by atoms with Gasteiger partial charge in [0.1, 0.15) is 5.15 Å². The van der Waals surface area contributed by atoms with Crippen LogP contribution in [0.3, 0.4) is 0 Å². The van der Waals surface area contributed by atoms with Gasteiger partial charge in [0, 0.05) is 26.4 Å². The van der Waals surface area contributed by atoms with E-state index in [0.29, 0.717) is 5.15 Å². The first-order valence-corrected chi connectivity index (χ1v) is 4.48. The molecule has 0 atom stereocenters. The van der Waals surface area contributed by atoms with Crippen LogP contribution in [0.25, 0.3) is 6.08 Å². The van der Waals surface area contributed by atoms with E-state index in [1.807, 2.05) is 0 Å². The summed E-state index contributed by atoms with van der Waals surface area (Å²) >= 11 is 5.68. The molecule has 0 aliphatic carbocycles. The molecule has 0 aliphatic rings. The van der Waals surface area contributed by atoms with E-state index in [-0.39, 0.29) is 5.91 Å². The third kappa shape index (κ3) is 3.18. The van der Waals surface area contributed by atoms with E-state index in [1.165, 1.54) is 11.0 Å². The first-order chi connectivity index (χ1) is 6.59. The molecule has 0 fully saturated rings. The summed E-state index contributed by atoms with van der Waals surface area (Å²) < 4.78 is 0. The Balaban J connectivity index is 2.74. The zero-order chi connectivity index (χ0) is 10.6. The zero-order valence-corrected chi connectivity index (χ0v) is 8.82. The fourth-order valence-electron chi connectivity index (χ4n) is 0.838. The number of amides is 1. The number of carbonyl (C=O) groups excluding carboxylic acids is 1. The number of rotatable bonds is 2. The number of halogens is 1. The van der Waals surface area contributed by atoms with Crippen LogP contribution in [0.2, 0.25) is 5.15 Å². The van der Waals surface area contributed by atoms with Gasteiger partial charge >= 0.3 is 0 Å². The number of pyridine rings is 1. The Bertz CT molecular complexity index is 361. The summed E-state index contributed by atoms with van der Waals surface area (Å²) in [5.74, 6) is -0.0575. The summed E-state index contributed by atoms with van der Waals surface area (Å²) in [6, 6.07) is 3.48. The van der Waals surface area contributed by atoms with Gasteiger partial charge in [0.05, 0.1) is 0 Å². The van der Waals surface area contributed by atoms with Crippen molar-refractivity contribution in [2.45, 2.75) is 0 Å². The minimum absolute atomic E-state index is 0.0575. The van der Waals surface area contributed by atoms with Gasteiger partial charge in [-0.3, -0.25) is 4.79 Å². The molecule has 74 valence electrons. The summed E-state index contributed by atoms with van der Waals surface area (Å²) in [4.78, 5) is 16.5. The standard InChI is InChI=1S/C10H11ClN2O/c1-13(2)10(14)4-3-8-5-6-12-9(11)7-8/h3-7H,1-2H3. The molecule has 0 spiro atoms. The predicted octanol–water partition coefficient (Wildman–Crippen LogP) is 1.84. The van der Waals surface area contributed by atoms with Gasteiger partial charge in [-0.15, -0.1) is 0 Å². The number of aromatic nitrogens is 1. The third-order valence-electron chi connectivity index (χ3n) is 1.61. The minimum atomic E-state index is -0.0575. The number of hydrogen-bond donors (Lipinski definition) is 0. The van der Waals surface area contributed by atoms with Crippen molar-refractivity contribution in [1.29, 1.82) is 0 Å². The van der Waals surface area contributed by atoms with Crippen LogP contribution in [0, 0.1) is 0 Å². The first-order valence-electron chi connectivity index (χ1n) is 4.10. The molecule has 0 N–H and O–H groups in total. The second-order valence-corrected chi connectivity index (χ2v) is 3.37. The van der Waals surface area contributed by atoms with Gasteiger partial charge in [-0.1, -0.05) is 11.6 Å². The van der Waals surface area contributed by atoms with Crippen LogP contribution >= 0.6 is 11.6 Å². The summed E-state index contributed by atoms with van der Waals surface area (Å²) in [6.45, 7) is 0. The molecule has 0 saturated heterocycles. The Kier molecular flexibility index (Phi) is 3.65. The molecule has 14 heavy (non-hydrogen) atoms. The van der Waals surface area contributed by atoms with Crippen molar-refractivity contribution in [1.82, 2.24) is 9.88 Å². The lowest BCUT2D eigenvalue weighted by atomic mass is 10.2. The highest BCUT2D eigenvalue weighted by atomic mass is 35.5. The van der Waals surface area contributed by atoms with E-state index in [9.17, 15) is 4.79 Å². The zero-order valence-electron chi connectivity index (χ0n) is 8.07. The average Bonchev–Trinajstić information content (AvgIpc) is 2.14. The first kappa shape index (κ1) is 10.7. The van der Waals surface area contributed by atoms with Crippen LogP contribution in [-0.2, 0) is 4.79 Å². The van der Waals surface area contributed by atoms with Crippen molar-refractivity contribution in [3.05, 3.63) is 35.1 Å². The molecule has 1 aromatic heterocycles. The molecule has 1 amide bonds. The van der Waals surface area contributed by atoms with Gasteiger partial charge in [0.2, 0.25) is 5.91 Å². The van der Waals surface area contributed by atoms with Gasteiger partial charge in [-0.2, -0.15) is 0 Å². The largest absolute Gasteiger partial charge is 0.345 e. The highest BCUT2D eigenvalue weighted by Gasteiger charge is 1.97. The maximum atomic E-state index is 11.2. The molecule has 1 rings (SSSR count). The third-order valence-corrected chi connectivity index (χ3v) is 1.82. The normalized spacial score (nSPS) is 10.5. The molecule has 0 radical (unpaired) electrons. The molecule has 0 aromatic carbocycles. The summed E-state index contributed by atoms with van der Waals surface area (Å²) in [5.41, 5.74) is 0.861. The fourth-order valence-corrected chi connectivity index (χ4v) is 1.02. The minimum Gasteiger partial charge on any atom is -0.345 e. The van der Waals surface area contributed by atoms with Gasteiger partial charge in [0.25, 0.3) is 0 Å². The highest BCUT2D eigenvalue weighted by molar-refractivity contribution is 6.29.